The van der Waals surface area contributed by atoms with Crippen molar-refractivity contribution in [3.05, 3.63) is 8.96 Å². The van der Waals surface area contributed by atoms with Gasteiger partial charge in [-0.2, -0.15) is 0 Å². The van der Waals surface area contributed by atoms with Crippen LogP contribution in [0.15, 0.2) is 8.96 Å². The van der Waals surface area contributed by atoms with E-state index in [0.29, 0.717) is 12.8 Å². The second-order valence-electron chi connectivity index (χ2n) is 3.17. The molecule has 0 saturated carbocycles. The van der Waals surface area contributed by atoms with E-state index >= 15 is 0 Å². The predicted molar refractivity (Wildman–Crippen MR) is 52.2 cm³/mol. The van der Waals surface area contributed by atoms with Crippen molar-refractivity contribution in [3.8, 4) is 0 Å². The second-order valence-corrected chi connectivity index (χ2v) is 5.09. The molecule has 3 nitrogen and oxygen atoms in total. The van der Waals surface area contributed by atoms with E-state index in [0.717, 1.165) is 8.96 Å². The van der Waals surface area contributed by atoms with E-state index in [-0.39, 0.29) is 23.8 Å². The van der Waals surface area contributed by atoms with Crippen LogP contribution >= 0.6 is 31.9 Å². The number of cyclic esters (lactones) is 2. The fourth-order valence-electron chi connectivity index (χ4n) is 1.64. The van der Waals surface area contributed by atoms with Gasteiger partial charge in [-0.3, -0.25) is 9.59 Å². The van der Waals surface area contributed by atoms with Crippen LogP contribution in [-0.4, -0.2) is 11.9 Å². The fraction of sp³-hybridized carbons (Fsp3) is 0.500. The van der Waals surface area contributed by atoms with Crippen LogP contribution in [0.25, 0.3) is 0 Å². The standard InChI is InChI=1S/C8H6Br2O3/c9-5-1-3-4(2-6(5)10)8(12)13-7(3)11/h3-4H,1-2H2. The SMILES string of the molecule is O=C1OC(=O)C2CC(Br)=C(Br)CC12. The van der Waals surface area contributed by atoms with E-state index in [1.807, 2.05) is 0 Å². The van der Waals surface area contributed by atoms with E-state index < -0.39 is 0 Å². The lowest BCUT2D eigenvalue weighted by Gasteiger charge is -2.19. The summed E-state index contributed by atoms with van der Waals surface area (Å²) in [5.74, 6) is -1.31. The van der Waals surface area contributed by atoms with Crippen LogP contribution in [0.2, 0.25) is 0 Å². The molecule has 0 aromatic heterocycles. The number of carbonyl (C=O) groups is 2. The van der Waals surface area contributed by atoms with Crippen molar-refractivity contribution in [2.75, 3.05) is 0 Å². The number of fused-ring (bicyclic) bond motifs is 1. The quantitative estimate of drug-likeness (QED) is 0.508. The van der Waals surface area contributed by atoms with Crippen molar-refractivity contribution in [2.24, 2.45) is 11.8 Å². The molecule has 70 valence electrons. The van der Waals surface area contributed by atoms with Crippen molar-refractivity contribution in [2.45, 2.75) is 12.8 Å². The Balaban J connectivity index is 2.31. The topological polar surface area (TPSA) is 43.4 Å². The van der Waals surface area contributed by atoms with E-state index in [2.05, 4.69) is 36.6 Å². The van der Waals surface area contributed by atoms with Crippen molar-refractivity contribution < 1.29 is 14.3 Å². The molecule has 1 saturated heterocycles. The van der Waals surface area contributed by atoms with Crippen LogP contribution in [0.1, 0.15) is 12.8 Å². The first-order chi connectivity index (χ1) is 6.09. The van der Waals surface area contributed by atoms with Crippen LogP contribution in [0, 0.1) is 11.8 Å². The summed E-state index contributed by atoms with van der Waals surface area (Å²) in [5, 5.41) is 0. The molecule has 2 aliphatic rings. The highest BCUT2D eigenvalue weighted by atomic mass is 79.9. The van der Waals surface area contributed by atoms with Gasteiger partial charge in [0.25, 0.3) is 0 Å². The largest absolute Gasteiger partial charge is 0.393 e. The normalized spacial score (nSPS) is 33.4. The molecule has 1 aliphatic carbocycles. The maximum atomic E-state index is 11.2. The van der Waals surface area contributed by atoms with Gasteiger partial charge in [0.2, 0.25) is 0 Å². The van der Waals surface area contributed by atoms with E-state index in [9.17, 15) is 9.59 Å². The highest BCUT2D eigenvalue weighted by Crippen LogP contribution is 2.43. The van der Waals surface area contributed by atoms with Gasteiger partial charge in [-0.25, -0.2) is 0 Å². The van der Waals surface area contributed by atoms with Crippen LogP contribution in [0.3, 0.4) is 0 Å². The number of rotatable bonds is 0. The van der Waals surface area contributed by atoms with Crippen LogP contribution < -0.4 is 0 Å². The Kier molecular flexibility index (Phi) is 2.32. The molecular formula is C8H6Br2O3. The van der Waals surface area contributed by atoms with Crippen molar-refractivity contribution in [1.29, 1.82) is 0 Å². The summed E-state index contributed by atoms with van der Waals surface area (Å²) in [7, 11) is 0. The molecule has 0 amide bonds. The van der Waals surface area contributed by atoms with Crippen LogP contribution in [0.4, 0.5) is 0 Å². The Labute approximate surface area is 91.8 Å². The van der Waals surface area contributed by atoms with Crippen LogP contribution in [0.5, 0.6) is 0 Å². The predicted octanol–water partition coefficient (Wildman–Crippen LogP) is 2.10. The summed E-state index contributed by atoms with van der Waals surface area (Å²) in [6.07, 6.45) is 1.13. The van der Waals surface area contributed by atoms with Gasteiger partial charge in [-0.15, -0.1) is 0 Å². The maximum Gasteiger partial charge on any atom is 0.317 e. The van der Waals surface area contributed by atoms with Gasteiger partial charge in [-0.05, 0) is 12.8 Å². The summed E-state index contributed by atoms with van der Waals surface area (Å²) in [6.45, 7) is 0. The number of carbonyl (C=O) groups excluding carboxylic acids is 2. The third-order valence-corrected chi connectivity index (χ3v) is 4.52. The summed E-state index contributed by atoms with van der Waals surface area (Å²) < 4.78 is 6.48. The zero-order chi connectivity index (χ0) is 9.59. The minimum Gasteiger partial charge on any atom is -0.393 e. The summed E-state index contributed by atoms with van der Waals surface area (Å²) in [5.41, 5.74) is 0. The molecule has 1 aliphatic heterocycles. The average molecular weight is 310 g/mol. The van der Waals surface area contributed by atoms with E-state index in [1.54, 1.807) is 0 Å². The summed E-state index contributed by atoms with van der Waals surface area (Å²) in [6, 6.07) is 0. The Morgan fingerprint density at radius 3 is 1.77 bits per heavy atom. The lowest BCUT2D eigenvalue weighted by molar-refractivity contribution is -0.153. The maximum absolute atomic E-state index is 11.2. The number of allylic oxidation sites excluding steroid dienone is 2. The van der Waals surface area contributed by atoms with Gasteiger partial charge < -0.3 is 4.74 Å². The first-order valence-electron chi connectivity index (χ1n) is 3.88. The molecule has 2 rings (SSSR count). The molecule has 0 bridgehead atoms. The van der Waals surface area contributed by atoms with Crippen molar-refractivity contribution >= 4 is 43.8 Å². The molecule has 0 aromatic carbocycles. The van der Waals surface area contributed by atoms with Gasteiger partial charge in [-0.1, -0.05) is 31.9 Å². The Morgan fingerprint density at radius 2 is 1.38 bits per heavy atom. The Bertz CT molecular complexity index is 291. The highest BCUT2D eigenvalue weighted by molar-refractivity contribution is 9.14. The lowest BCUT2D eigenvalue weighted by Crippen LogP contribution is -2.21. The molecule has 0 N–H and O–H groups in total. The molecule has 1 fully saturated rings. The first-order valence-corrected chi connectivity index (χ1v) is 5.46. The minimum atomic E-state index is -0.382. The number of hydrogen-bond acceptors (Lipinski definition) is 3. The molecule has 0 spiro atoms. The molecule has 13 heavy (non-hydrogen) atoms. The highest BCUT2D eigenvalue weighted by Gasteiger charge is 2.46. The third kappa shape index (κ3) is 1.48. The molecule has 0 radical (unpaired) electrons. The first kappa shape index (κ1) is 9.40. The Hall–Kier alpha value is -0.160. The van der Waals surface area contributed by atoms with Crippen molar-refractivity contribution in [1.82, 2.24) is 0 Å². The number of ether oxygens (including phenoxy) is 1. The molecular weight excluding hydrogens is 304 g/mol. The number of halogens is 2. The molecule has 2 atom stereocenters. The average Bonchev–Trinajstić information content (AvgIpc) is 2.31. The minimum absolute atomic E-state index is 0.275. The van der Waals surface area contributed by atoms with Crippen molar-refractivity contribution in [3.63, 3.8) is 0 Å². The van der Waals surface area contributed by atoms with Gasteiger partial charge in [0, 0.05) is 8.96 Å². The van der Waals surface area contributed by atoms with Gasteiger partial charge in [0.05, 0.1) is 11.8 Å². The van der Waals surface area contributed by atoms with Gasteiger partial charge in [0.15, 0.2) is 0 Å². The lowest BCUT2D eigenvalue weighted by atomic mass is 9.85. The zero-order valence-electron chi connectivity index (χ0n) is 6.55. The third-order valence-electron chi connectivity index (χ3n) is 2.38. The van der Waals surface area contributed by atoms with E-state index in [4.69, 9.17) is 0 Å². The van der Waals surface area contributed by atoms with E-state index in [1.165, 1.54) is 0 Å². The monoisotopic (exact) mass is 308 g/mol. The fourth-order valence-corrected chi connectivity index (χ4v) is 2.66. The van der Waals surface area contributed by atoms with Gasteiger partial charge >= 0.3 is 11.9 Å². The smallest absolute Gasteiger partial charge is 0.317 e. The molecule has 5 heteroatoms. The second kappa shape index (κ2) is 3.20. The molecule has 0 aromatic rings. The molecule has 1 heterocycles. The molecule has 2 unspecified atom stereocenters. The number of hydrogen-bond donors (Lipinski definition) is 0. The number of esters is 2. The van der Waals surface area contributed by atoms with Crippen LogP contribution in [-0.2, 0) is 14.3 Å². The Morgan fingerprint density at radius 1 is 1.00 bits per heavy atom. The zero-order valence-corrected chi connectivity index (χ0v) is 9.72. The summed E-state index contributed by atoms with van der Waals surface area (Å²) in [4.78, 5) is 22.3. The summed E-state index contributed by atoms with van der Waals surface area (Å²) >= 11 is 6.70. The van der Waals surface area contributed by atoms with Gasteiger partial charge in [0.1, 0.15) is 0 Å².